The van der Waals surface area contributed by atoms with E-state index in [0.717, 1.165) is 0 Å². The molecule has 0 aromatic heterocycles. The van der Waals surface area contributed by atoms with Gasteiger partial charge in [-0.3, -0.25) is 4.79 Å². The van der Waals surface area contributed by atoms with Crippen molar-refractivity contribution in [3.05, 3.63) is 0 Å². The number of hydrogen-bond donors (Lipinski definition) is 0. The number of likely N-dealkylation sites (tertiary alicyclic amines) is 1. The standard InChI is InChI=1S/C12H20F3NO2/c1-11(2,3)18-8-10(17)16-6-4-9(5-7-16)12(13,14)15/h9H,4-8H2,1-3H3. The van der Waals surface area contributed by atoms with Gasteiger partial charge in [0, 0.05) is 13.1 Å². The molecule has 18 heavy (non-hydrogen) atoms. The van der Waals surface area contributed by atoms with Crippen molar-refractivity contribution in [2.75, 3.05) is 19.7 Å². The van der Waals surface area contributed by atoms with Crippen molar-refractivity contribution in [1.82, 2.24) is 4.90 Å². The molecule has 1 rings (SSSR count). The number of amides is 1. The van der Waals surface area contributed by atoms with Gasteiger partial charge in [-0.25, -0.2) is 0 Å². The molecule has 1 aliphatic rings. The number of carbonyl (C=O) groups is 1. The van der Waals surface area contributed by atoms with E-state index in [2.05, 4.69) is 0 Å². The quantitative estimate of drug-likeness (QED) is 0.769. The lowest BCUT2D eigenvalue weighted by Crippen LogP contribution is -2.44. The predicted molar refractivity (Wildman–Crippen MR) is 61.1 cm³/mol. The van der Waals surface area contributed by atoms with Gasteiger partial charge in [-0.15, -0.1) is 0 Å². The number of piperidine rings is 1. The maximum absolute atomic E-state index is 12.4. The van der Waals surface area contributed by atoms with Crippen LogP contribution in [0.2, 0.25) is 0 Å². The molecule has 0 unspecified atom stereocenters. The van der Waals surface area contributed by atoms with E-state index in [9.17, 15) is 18.0 Å². The second-order valence-corrected chi connectivity index (χ2v) is 5.60. The van der Waals surface area contributed by atoms with E-state index in [1.54, 1.807) is 0 Å². The highest BCUT2D eigenvalue weighted by molar-refractivity contribution is 5.77. The SMILES string of the molecule is CC(C)(C)OCC(=O)N1CCC(C(F)(F)F)CC1. The second-order valence-electron chi connectivity index (χ2n) is 5.60. The molecule has 0 saturated carbocycles. The summed E-state index contributed by atoms with van der Waals surface area (Å²) in [6.07, 6.45) is -4.16. The van der Waals surface area contributed by atoms with Crippen LogP contribution >= 0.6 is 0 Å². The molecule has 1 saturated heterocycles. The fourth-order valence-corrected chi connectivity index (χ4v) is 1.83. The van der Waals surface area contributed by atoms with Crippen LogP contribution in [0.25, 0.3) is 0 Å². The van der Waals surface area contributed by atoms with Gasteiger partial charge in [0.05, 0.1) is 11.5 Å². The summed E-state index contributed by atoms with van der Waals surface area (Å²) in [5.41, 5.74) is -0.417. The van der Waals surface area contributed by atoms with Crippen LogP contribution in [0, 0.1) is 5.92 Å². The molecule has 0 N–H and O–H groups in total. The van der Waals surface area contributed by atoms with Crippen molar-refractivity contribution in [1.29, 1.82) is 0 Å². The summed E-state index contributed by atoms with van der Waals surface area (Å²) < 4.78 is 42.7. The Bertz CT molecular complexity index is 289. The Morgan fingerprint density at radius 2 is 1.72 bits per heavy atom. The van der Waals surface area contributed by atoms with Gasteiger partial charge in [0.2, 0.25) is 5.91 Å². The lowest BCUT2D eigenvalue weighted by Gasteiger charge is -2.33. The molecule has 1 heterocycles. The Kier molecular flexibility index (Phi) is 4.64. The number of carbonyl (C=O) groups excluding carboxylic acids is 1. The Labute approximate surface area is 105 Å². The third kappa shape index (κ3) is 4.84. The summed E-state index contributed by atoms with van der Waals surface area (Å²) in [7, 11) is 0. The Balaban J connectivity index is 2.37. The van der Waals surface area contributed by atoms with Gasteiger partial charge >= 0.3 is 6.18 Å². The van der Waals surface area contributed by atoms with E-state index in [1.165, 1.54) is 4.90 Å². The predicted octanol–water partition coefficient (Wildman–Crippen LogP) is 2.60. The van der Waals surface area contributed by atoms with Gasteiger partial charge in [0.25, 0.3) is 0 Å². The van der Waals surface area contributed by atoms with Crippen LogP contribution < -0.4 is 0 Å². The summed E-state index contributed by atoms with van der Waals surface area (Å²) in [6, 6.07) is 0. The number of hydrogen-bond acceptors (Lipinski definition) is 2. The minimum absolute atomic E-state index is 0.00917. The van der Waals surface area contributed by atoms with Crippen LogP contribution in [-0.4, -0.2) is 42.3 Å². The van der Waals surface area contributed by atoms with Crippen molar-refractivity contribution < 1.29 is 22.7 Å². The third-order valence-corrected chi connectivity index (χ3v) is 2.94. The van der Waals surface area contributed by atoms with Gasteiger partial charge in [-0.1, -0.05) is 0 Å². The molecule has 6 heteroatoms. The topological polar surface area (TPSA) is 29.5 Å². The van der Waals surface area contributed by atoms with Gasteiger partial charge in [-0.05, 0) is 33.6 Å². The lowest BCUT2D eigenvalue weighted by atomic mass is 9.96. The van der Waals surface area contributed by atoms with Crippen LogP contribution in [0.4, 0.5) is 13.2 Å². The largest absolute Gasteiger partial charge is 0.391 e. The molecular weight excluding hydrogens is 247 g/mol. The molecule has 1 aliphatic heterocycles. The number of alkyl halides is 3. The molecule has 0 aromatic rings. The zero-order chi connectivity index (χ0) is 14.0. The second kappa shape index (κ2) is 5.47. The van der Waals surface area contributed by atoms with E-state index in [1.807, 2.05) is 20.8 Å². The van der Waals surface area contributed by atoms with Crippen LogP contribution in [0.15, 0.2) is 0 Å². The van der Waals surface area contributed by atoms with Crippen molar-refractivity contribution in [3.63, 3.8) is 0 Å². The van der Waals surface area contributed by atoms with Gasteiger partial charge < -0.3 is 9.64 Å². The highest BCUT2D eigenvalue weighted by atomic mass is 19.4. The fraction of sp³-hybridized carbons (Fsp3) is 0.917. The first-order chi connectivity index (χ1) is 8.09. The zero-order valence-corrected chi connectivity index (χ0v) is 11.0. The highest BCUT2D eigenvalue weighted by Gasteiger charge is 2.41. The lowest BCUT2D eigenvalue weighted by molar-refractivity contribution is -0.187. The monoisotopic (exact) mass is 267 g/mol. The molecule has 0 aliphatic carbocycles. The fourth-order valence-electron chi connectivity index (χ4n) is 1.83. The molecule has 3 nitrogen and oxygen atoms in total. The first-order valence-corrected chi connectivity index (χ1v) is 6.08. The van der Waals surface area contributed by atoms with Crippen molar-refractivity contribution in [3.8, 4) is 0 Å². The first-order valence-electron chi connectivity index (χ1n) is 6.08. The summed E-state index contributed by atoms with van der Waals surface area (Å²) >= 11 is 0. The third-order valence-electron chi connectivity index (χ3n) is 2.94. The Morgan fingerprint density at radius 1 is 1.22 bits per heavy atom. The molecule has 0 bridgehead atoms. The normalized spacial score (nSPS) is 19.1. The number of ether oxygens (including phenoxy) is 1. The average Bonchev–Trinajstić information content (AvgIpc) is 2.24. The number of rotatable bonds is 2. The molecule has 0 aromatic carbocycles. The van der Waals surface area contributed by atoms with Crippen molar-refractivity contribution >= 4 is 5.91 Å². The minimum atomic E-state index is -4.14. The number of nitrogens with zero attached hydrogens (tertiary/aromatic N) is 1. The smallest absolute Gasteiger partial charge is 0.366 e. The maximum atomic E-state index is 12.4. The zero-order valence-electron chi connectivity index (χ0n) is 11.0. The van der Waals surface area contributed by atoms with E-state index in [4.69, 9.17) is 4.74 Å². The molecule has 0 spiro atoms. The first kappa shape index (κ1) is 15.3. The Hall–Kier alpha value is -0.780. The van der Waals surface area contributed by atoms with Crippen molar-refractivity contribution in [2.24, 2.45) is 5.92 Å². The summed E-state index contributed by atoms with van der Waals surface area (Å²) in [5, 5.41) is 0. The summed E-state index contributed by atoms with van der Waals surface area (Å²) in [4.78, 5) is 13.2. The molecule has 0 radical (unpaired) electrons. The van der Waals surface area contributed by atoms with Gasteiger partial charge in [-0.2, -0.15) is 13.2 Å². The summed E-state index contributed by atoms with van der Waals surface area (Å²) in [5.74, 6) is -1.50. The Morgan fingerprint density at radius 3 is 2.11 bits per heavy atom. The van der Waals surface area contributed by atoms with E-state index in [0.29, 0.717) is 0 Å². The molecule has 1 amide bonds. The highest BCUT2D eigenvalue weighted by Crippen LogP contribution is 2.34. The van der Waals surface area contributed by atoms with E-state index in [-0.39, 0.29) is 38.4 Å². The number of halogens is 3. The molecule has 106 valence electrons. The van der Waals surface area contributed by atoms with Gasteiger partial charge in [0.15, 0.2) is 0 Å². The molecular formula is C12H20F3NO2. The van der Waals surface area contributed by atoms with Crippen LogP contribution in [0.5, 0.6) is 0 Å². The summed E-state index contributed by atoms with van der Waals surface area (Å²) in [6.45, 7) is 5.75. The van der Waals surface area contributed by atoms with E-state index < -0.39 is 17.7 Å². The van der Waals surface area contributed by atoms with Gasteiger partial charge in [0.1, 0.15) is 6.61 Å². The van der Waals surface area contributed by atoms with E-state index >= 15 is 0 Å². The maximum Gasteiger partial charge on any atom is 0.391 e. The molecule has 0 atom stereocenters. The molecule has 1 fully saturated rings. The average molecular weight is 267 g/mol. The van der Waals surface area contributed by atoms with Crippen molar-refractivity contribution in [2.45, 2.75) is 45.4 Å². The van der Waals surface area contributed by atoms with Crippen LogP contribution in [0.1, 0.15) is 33.6 Å². The van der Waals surface area contributed by atoms with Crippen LogP contribution in [0.3, 0.4) is 0 Å². The van der Waals surface area contributed by atoms with Crippen LogP contribution in [-0.2, 0) is 9.53 Å². The minimum Gasteiger partial charge on any atom is -0.366 e.